The Kier molecular flexibility index (Phi) is 6.01. The predicted molar refractivity (Wildman–Crippen MR) is 84.7 cm³/mol. The van der Waals surface area contributed by atoms with E-state index < -0.39 is 10.0 Å². The summed E-state index contributed by atoms with van der Waals surface area (Å²) in [5, 5.41) is 3.21. The van der Waals surface area contributed by atoms with E-state index in [9.17, 15) is 8.42 Å². The highest BCUT2D eigenvalue weighted by molar-refractivity contribution is 7.89. The molecule has 0 aliphatic heterocycles. The molecule has 0 radical (unpaired) electrons. The first-order valence-electron chi connectivity index (χ1n) is 7.33. The molecule has 0 amide bonds. The quantitative estimate of drug-likeness (QED) is 0.811. The Hall–Kier alpha value is -0.850. The molecule has 0 aliphatic rings. The van der Waals surface area contributed by atoms with Gasteiger partial charge in [0.05, 0.1) is 6.54 Å². The highest BCUT2D eigenvalue weighted by Crippen LogP contribution is 2.21. The first-order valence-corrected chi connectivity index (χ1v) is 8.82. The van der Waals surface area contributed by atoms with Crippen molar-refractivity contribution >= 4 is 10.0 Å². The van der Waals surface area contributed by atoms with Gasteiger partial charge in [-0.1, -0.05) is 34.6 Å². The van der Waals surface area contributed by atoms with Crippen LogP contribution >= 0.6 is 0 Å². The summed E-state index contributed by atoms with van der Waals surface area (Å²) in [4.78, 5) is 0.233. The normalized spacial score (nSPS) is 13.1. The van der Waals surface area contributed by atoms with Crippen molar-refractivity contribution in [2.24, 2.45) is 5.41 Å². The molecule has 1 aromatic rings. The zero-order valence-corrected chi connectivity index (χ0v) is 14.7. The van der Waals surface area contributed by atoms with Gasteiger partial charge in [-0.3, -0.25) is 0 Å². The van der Waals surface area contributed by atoms with Crippen LogP contribution in [0.25, 0.3) is 0 Å². The second kappa shape index (κ2) is 6.94. The van der Waals surface area contributed by atoms with Crippen LogP contribution in [0.15, 0.2) is 15.4 Å². The Morgan fingerprint density at radius 2 is 1.90 bits per heavy atom. The third-order valence-corrected chi connectivity index (χ3v) is 4.63. The average Bonchev–Trinajstić information content (AvgIpc) is 2.66. The van der Waals surface area contributed by atoms with Crippen molar-refractivity contribution in [2.75, 3.05) is 6.54 Å². The standard InChI is InChI=1S/C15H28N2O3S/c1-11(2)16-10-13-9-14(12(3)20-13)21(18,19)17-8-7-15(4,5)6/h9,11,16-17H,7-8,10H2,1-6H3. The summed E-state index contributed by atoms with van der Waals surface area (Å²) >= 11 is 0. The van der Waals surface area contributed by atoms with Crippen LogP contribution in [0.3, 0.4) is 0 Å². The highest BCUT2D eigenvalue weighted by atomic mass is 32.2. The van der Waals surface area contributed by atoms with Crippen LogP contribution in [0.4, 0.5) is 0 Å². The largest absolute Gasteiger partial charge is 0.464 e. The summed E-state index contributed by atoms with van der Waals surface area (Å²) < 4.78 is 32.8. The van der Waals surface area contributed by atoms with Gasteiger partial charge in [-0.05, 0) is 18.8 Å². The number of sulfonamides is 1. The van der Waals surface area contributed by atoms with Gasteiger partial charge >= 0.3 is 0 Å². The van der Waals surface area contributed by atoms with Crippen LogP contribution in [0, 0.1) is 12.3 Å². The van der Waals surface area contributed by atoms with Gasteiger partial charge in [0.15, 0.2) is 0 Å². The maximum Gasteiger partial charge on any atom is 0.244 e. The van der Waals surface area contributed by atoms with E-state index in [2.05, 4.69) is 30.8 Å². The van der Waals surface area contributed by atoms with Gasteiger partial charge < -0.3 is 9.73 Å². The van der Waals surface area contributed by atoms with Gasteiger partial charge in [-0.2, -0.15) is 0 Å². The number of hydrogen-bond acceptors (Lipinski definition) is 4. The van der Waals surface area contributed by atoms with Crippen LogP contribution in [0.5, 0.6) is 0 Å². The lowest BCUT2D eigenvalue weighted by Gasteiger charge is -2.17. The Balaban J connectivity index is 2.74. The summed E-state index contributed by atoms with van der Waals surface area (Å²) in [6.07, 6.45) is 0.783. The third-order valence-electron chi connectivity index (χ3n) is 3.06. The molecule has 1 heterocycles. The van der Waals surface area contributed by atoms with Gasteiger partial charge in [0, 0.05) is 18.7 Å². The van der Waals surface area contributed by atoms with E-state index in [0.717, 1.165) is 6.42 Å². The molecule has 0 fully saturated rings. The molecule has 0 unspecified atom stereocenters. The molecule has 122 valence electrons. The maximum absolute atomic E-state index is 12.3. The predicted octanol–water partition coefficient (Wildman–Crippen LogP) is 2.80. The summed E-state index contributed by atoms with van der Waals surface area (Å²) in [6.45, 7) is 12.9. The molecule has 21 heavy (non-hydrogen) atoms. The average molecular weight is 316 g/mol. The minimum atomic E-state index is -3.50. The van der Waals surface area contributed by atoms with Crippen LogP contribution in [0.2, 0.25) is 0 Å². The lowest BCUT2D eigenvalue weighted by Crippen LogP contribution is -2.27. The zero-order chi connectivity index (χ0) is 16.3. The second-order valence-electron chi connectivity index (χ2n) is 6.88. The van der Waals surface area contributed by atoms with E-state index in [0.29, 0.717) is 30.7 Å². The Bertz CT molecular complexity index is 554. The number of nitrogens with one attached hydrogen (secondary N) is 2. The highest BCUT2D eigenvalue weighted by Gasteiger charge is 2.22. The monoisotopic (exact) mass is 316 g/mol. The van der Waals surface area contributed by atoms with Crippen molar-refractivity contribution < 1.29 is 12.8 Å². The second-order valence-corrected chi connectivity index (χ2v) is 8.61. The van der Waals surface area contributed by atoms with Crippen molar-refractivity contribution in [1.29, 1.82) is 0 Å². The van der Waals surface area contributed by atoms with Crippen LogP contribution in [0.1, 0.15) is 52.6 Å². The Labute approximate surface area is 128 Å². The van der Waals surface area contributed by atoms with Crippen molar-refractivity contribution in [3.8, 4) is 0 Å². The van der Waals surface area contributed by atoms with E-state index in [-0.39, 0.29) is 10.3 Å². The number of hydrogen-bond donors (Lipinski definition) is 2. The van der Waals surface area contributed by atoms with Crippen molar-refractivity contribution in [3.63, 3.8) is 0 Å². The van der Waals surface area contributed by atoms with Gasteiger partial charge in [0.25, 0.3) is 0 Å². The summed E-state index contributed by atoms with van der Waals surface area (Å²) in [5.74, 6) is 1.07. The summed E-state index contributed by atoms with van der Waals surface area (Å²) in [5.41, 5.74) is 0.0975. The fraction of sp³-hybridized carbons (Fsp3) is 0.733. The molecule has 0 saturated heterocycles. The number of aryl methyl sites for hydroxylation is 1. The molecule has 0 aromatic carbocycles. The lowest BCUT2D eigenvalue weighted by molar-refractivity contribution is 0.378. The van der Waals surface area contributed by atoms with E-state index in [4.69, 9.17) is 4.42 Å². The van der Waals surface area contributed by atoms with Crippen LogP contribution < -0.4 is 10.0 Å². The molecule has 2 N–H and O–H groups in total. The molecular weight excluding hydrogens is 288 g/mol. The fourth-order valence-corrected chi connectivity index (χ4v) is 3.05. The smallest absolute Gasteiger partial charge is 0.244 e. The van der Waals surface area contributed by atoms with Crippen molar-refractivity contribution in [2.45, 2.75) is 65.4 Å². The van der Waals surface area contributed by atoms with E-state index in [1.54, 1.807) is 13.0 Å². The molecule has 1 rings (SSSR count). The molecular formula is C15H28N2O3S. The van der Waals surface area contributed by atoms with Crippen molar-refractivity contribution in [1.82, 2.24) is 10.0 Å². The zero-order valence-electron chi connectivity index (χ0n) is 13.9. The van der Waals surface area contributed by atoms with Gasteiger partial charge in [0.1, 0.15) is 16.4 Å². The van der Waals surface area contributed by atoms with Gasteiger partial charge in [-0.15, -0.1) is 0 Å². The molecule has 0 aliphatic carbocycles. The SMILES string of the molecule is Cc1oc(CNC(C)C)cc1S(=O)(=O)NCCC(C)(C)C. The molecule has 6 heteroatoms. The molecule has 0 atom stereocenters. The lowest BCUT2D eigenvalue weighted by atomic mass is 9.93. The molecule has 0 bridgehead atoms. The first kappa shape index (κ1) is 18.2. The van der Waals surface area contributed by atoms with E-state index >= 15 is 0 Å². The summed E-state index contributed by atoms with van der Waals surface area (Å²) in [6, 6.07) is 1.92. The Morgan fingerprint density at radius 1 is 1.29 bits per heavy atom. The van der Waals surface area contributed by atoms with E-state index in [1.807, 2.05) is 13.8 Å². The van der Waals surface area contributed by atoms with Crippen LogP contribution in [-0.2, 0) is 16.6 Å². The number of rotatable bonds is 7. The molecule has 1 aromatic heterocycles. The maximum atomic E-state index is 12.3. The minimum absolute atomic E-state index is 0.0975. The third kappa shape index (κ3) is 6.20. The van der Waals surface area contributed by atoms with Crippen LogP contribution in [-0.4, -0.2) is 21.0 Å². The Morgan fingerprint density at radius 3 is 2.43 bits per heavy atom. The molecule has 0 saturated carbocycles. The van der Waals surface area contributed by atoms with Gasteiger partial charge in [0.2, 0.25) is 10.0 Å². The van der Waals surface area contributed by atoms with Crippen molar-refractivity contribution in [3.05, 3.63) is 17.6 Å². The summed E-state index contributed by atoms with van der Waals surface area (Å²) in [7, 11) is -3.50. The van der Waals surface area contributed by atoms with Gasteiger partial charge in [-0.25, -0.2) is 13.1 Å². The topological polar surface area (TPSA) is 71.3 Å². The first-order chi connectivity index (χ1) is 9.51. The molecule has 5 nitrogen and oxygen atoms in total. The molecule has 0 spiro atoms. The minimum Gasteiger partial charge on any atom is -0.464 e. The van der Waals surface area contributed by atoms with E-state index in [1.165, 1.54) is 0 Å². The fourth-order valence-electron chi connectivity index (χ4n) is 1.82. The number of furan rings is 1.